The van der Waals surface area contributed by atoms with E-state index < -0.39 is 0 Å². The maximum absolute atomic E-state index is 6.01. The molecule has 0 amide bonds. The minimum atomic E-state index is 0.0100. The maximum Gasteiger partial charge on any atom is 0.176 e. The predicted octanol–water partition coefficient (Wildman–Crippen LogP) is 2.73. The lowest BCUT2D eigenvalue weighted by Gasteiger charge is -2.20. The Bertz CT molecular complexity index is 481. The van der Waals surface area contributed by atoms with E-state index in [2.05, 4.69) is 42.9 Å². The van der Waals surface area contributed by atoms with Gasteiger partial charge in [0.1, 0.15) is 13.2 Å². The number of rotatable bonds is 4. The zero-order valence-corrected chi connectivity index (χ0v) is 17.8. The monoisotopic (exact) mass is 399 g/mol. The molecule has 2 unspecified atom stereocenters. The Morgan fingerprint density at radius 2 is 1.36 bits per heavy atom. The number of hydrogen-bond acceptors (Lipinski definition) is 7. The third-order valence-electron chi connectivity index (χ3n) is 4.30. The van der Waals surface area contributed by atoms with Crippen molar-refractivity contribution in [3.63, 3.8) is 0 Å². The van der Waals surface area contributed by atoms with Crippen LogP contribution in [0.15, 0.2) is 0 Å². The fourth-order valence-electron chi connectivity index (χ4n) is 3.04. The lowest BCUT2D eigenvalue weighted by Crippen LogP contribution is -2.24. The van der Waals surface area contributed by atoms with E-state index in [0.29, 0.717) is 76.3 Å². The average molecular weight is 400 g/mol. The number of aromatic amines is 1. The van der Waals surface area contributed by atoms with E-state index in [4.69, 9.17) is 23.7 Å². The number of nitrogens with zero attached hydrogens (tertiary/aromatic N) is 2. The van der Waals surface area contributed by atoms with E-state index in [1.54, 1.807) is 0 Å². The maximum atomic E-state index is 6.01. The van der Waals surface area contributed by atoms with Crippen molar-refractivity contribution >= 4 is 0 Å². The summed E-state index contributed by atoms with van der Waals surface area (Å²) in [5.41, 5.74) is 0. The summed E-state index contributed by atoms with van der Waals surface area (Å²) in [5.74, 6) is 2.38. The van der Waals surface area contributed by atoms with Gasteiger partial charge in [0.15, 0.2) is 11.6 Å². The molecule has 28 heavy (non-hydrogen) atoms. The molecule has 0 saturated carbocycles. The third-order valence-corrected chi connectivity index (χ3v) is 4.30. The van der Waals surface area contributed by atoms with Crippen molar-refractivity contribution < 1.29 is 23.7 Å². The molecule has 162 valence electrons. The topological polar surface area (TPSA) is 87.7 Å². The van der Waals surface area contributed by atoms with Gasteiger partial charge in [0.05, 0.1) is 51.8 Å². The van der Waals surface area contributed by atoms with E-state index in [9.17, 15) is 0 Å². The number of H-pyrrole nitrogens is 1. The highest BCUT2D eigenvalue weighted by Gasteiger charge is 2.16. The first-order valence-electron chi connectivity index (χ1n) is 10.4. The van der Waals surface area contributed by atoms with E-state index in [1.165, 1.54) is 0 Å². The number of nitrogens with one attached hydrogen (secondary N) is 1. The Morgan fingerprint density at radius 3 is 1.93 bits per heavy atom. The average Bonchev–Trinajstić information content (AvgIpc) is 3.08. The van der Waals surface area contributed by atoms with E-state index >= 15 is 0 Å². The van der Waals surface area contributed by atoms with Gasteiger partial charge in [0.25, 0.3) is 0 Å². The summed E-state index contributed by atoms with van der Waals surface area (Å²) in [7, 11) is 0. The Hall–Kier alpha value is -1.06. The molecule has 0 saturated heterocycles. The zero-order chi connectivity index (χ0) is 20.2. The summed E-state index contributed by atoms with van der Waals surface area (Å²) in [6.45, 7) is 12.7. The predicted molar refractivity (Wildman–Crippen MR) is 105 cm³/mol. The number of aromatic nitrogens is 3. The van der Waals surface area contributed by atoms with Gasteiger partial charge in [-0.2, -0.15) is 5.10 Å². The van der Waals surface area contributed by atoms with Gasteiger partial charge in [-0.15, -0.1) is 0 Å². The molecule has 1 aliphatic heterocycles. The van der Waals surface area contributed by atoms with E-state index in [1.807, 2.05) is 0 Å². The SMILES string of the molecule is CC(C)CC1COCCOCCOCC(CC(C)C)OCc2nc(n[nH]2)CO1. The molecule has 1 aromatic rings. The molecule has 2 heterocycles. The molecule has 0 aromatic carbocycles. The molecule has 1 N–H and O–H groups in total. The summed E-state index contributed by atoms with van der Waals surface area (Å²) in [6, 6.07) is 0. The Morgan fingerprint density at radius 1 is 0.821 bits per heavy atom. The Labute approximate surface area is 168 Å². The first-order valence-corrected chi connectivity index (χ1v) is 10.4. The van der Waals surface area contributed by atoms with Crippen molar-refractivity contribution in [3.05, 3.63) is 11.6 Å². The zero-order valence-electron chi connectivity index (χ0n) is 17.8. The molecule has 2 rings (SSSR count). The molecule has 1 aliphatic rings. The lowest BCUT2D eigenvalue weighted by atomic mass is 10.1. The van der Waals surface area contributed by atoms with Crippen LogP contribution in [0.25, 0.3) is 0 Å². The van der Waals surface area contributed by atoms with Crippen LogP contribution in [0.1, 0.15) is 52.2 Å². The molecule has 2 bridgehead atoms. The fraction of sp³-hybridized carbons (Fsp3) is 0.900. The highest BCUT2D eigenvalue weighted by atomic mass is 16.6. The lowest BCUT2D eigenvalue weighted by molar-refractivity contribution is -0.0612. The second-order valence-electron chi connectivity index (χ2n) is 8.09. The summed E-state index contributed by atoms with van der Waals surface area (Å²) in [6.07, 6.45) is 1.88. The normalized spacial score (nSPS) is 24.2. The fourth-order valence-corrected chi connectivity index (χ4v) is 3.04. The van der Waals surface area contributed by atoms with Crippen LogP contribution < -0.4 is 0 Å². The largest absolute Gasteiger partial charge is 0.377 e. The van der Waals surface area contributed by atoms with Crippen molar-refractivity contribution in [2.24, 2.45) is 11.8 Å². The first kappa shape index (κ1) is 23.2. The van der Waals surface area contributed by atoms with Crippen LogP contribution in [-0.2, 0) is 36.9 Å². The molecule has 8 nitrogen and oxygen atoms in total. The van der Waals surface area contributed by atoms with Gasteiger partial charge in [-0.3, -0.25) is 5.10 Å². The highest BCUT2D eigenvalue weighted by Crippen LogP contribution is 2.13. The molecular weight excluding hydrogens is 362 g/mol. The second-order valence-corrected chi connectivity index (χ2v) is 8.09. The summed E-state index contributed by atoms with van der Waals surface area (Å²) >= 11 is 0. The van der Waals surface area contributed by atoms with Crippen LogP contribution in [0, 0.1) is 11.8 Å². The van der Waals surface area contributed by atoms with Crippen molar-refractivity contribution in [1.29, 1.82) is 0 Å². The minimum absolute atomic E-state index is 0.0100. The molecule has 0 radical (unpaired) electrons. The van der Waals surface area contributed by atoms with E-state index in [0.717, 1.165) is 12.8 Å². The van der Waals surface area contributed by atoms with Gasteiger partial charge < -0.3 is 23.7 Å². The van der Waals surface area contributed by atoms with Crippen molar-refractivity contribution in [2.45, 2.75) is 66.0 Å². The summed E-state index contributed by atoms with van der Waals surface area (Å²) in [5, 5.41) is 7.18. The number of ether oxygens (including phenoxy) is 5. The standard InChI is InChI=1S/C20H37N3O5/c1-15(2)9-17-11-25-7-5-24-6-8-26-12-18(10-16(3)4)28-14-20-21-19(13-27-17)22-23-20/h15-18H,5-14H2,1-4H3,(H,21,22,23). The molecule has 0 fully saturated rings. The Kier molecular flexibility index (Phi) is 11.0. The molecule has 8 heteroatoms. The smallest absolute Gasteiger partial charge is 0.176 e. The van der Waals surface area contributed by atoms with Gasteiger partial charge in [-0.05, 0) is 24.7 Å². The van der Waals surface area contributed by atoms with Gasteiger partial charge in [-0.25, -0.2) is 4.98 Å². The number of hydrogen-bond donors (Lipinski definition) is 1. The van der Waals surface area contributed by atoms with Crippen LogP contribution in [0.5, 0.6) is 0 Å². The van der Waals surface area contributed by atoms with Crippen LogP contribution in [0.2, 0.25) is 0 Å². The Balaban J connectivity index is 1.94. The van der Waals surface area contributed by atoms with Gasteiger partial charge in [-0.1, -0.05) is 27.7 Å². The van der Waals surface area contributed by atoms with Crippen molar-refractivity contribution in [3.8, 4) is 0 Å². The number of fused-ring (bicyclic) bond motifs is 2. The van der Waals surface area contributed by atoms with Crippen LogP contribution in [0.3, 0.4) is 0 Å². The van der Waals surface area contributed by atoms with Gasteiger partial charge in [0, 0.05) is 0 Å². The minimum Gasteiger partial charge on any atom is -0.377 e. The van der Waals surface area contributed by atoms with Crippen LogP contribution >= 0.6 is 0 Å². The first-order chi connectivity index (χ1) is 13.5. The third kappa shape index (κ3) is 9.93. The highest BCUT2D eigenvalue weighted by molar-refractivity contribution is 4.87. The van der Waals surface area contributed by atoms with E-state index in [-0.39, 0.29) is 12.2 Å². The second kappa shape index (κ2) is 13.2. The molecule has 1 aromatic heterocycles. The van der Waals surface area contributed by atoms with Gasteiger partial charge in [0.2, 0.25) is 0 Å². The van der Waals surface area contributed by atoms with Crippen LogP contribution in [-0.4, -0.2) is 67.0 Å². The van der Waals surface area contributed by atoms with Crippen molar-refractivity contribution in [2.75, 3.05) is 39.6 Å². The summed E-state index contributed by atoms with van der Waals surface area (Å²) in [4.78, 5) is 4.48. The molecular formula is C20H37N3O5. The van der Waals surface area contributed by atoms with Gasteiger partial charge >= 0.3 is 0 Å². The summed E-state index contributed by atoms with van der Waals surface area (Å²) < 4.78 is 29.0. The molecule has 0 aliphatic carbocycles. The molecule has 0 spiro atoms. The van der Waals surface area contributed by atoms with Crippen LogP contribution in [0.4, 0.5) is 0 Å². The van der Waals surface area contributed by atoms with Crippen molar-refractivity contribution in [1.82, 2.24) is 15.2 Å². The quantitative estimate of drug-likeness (QED) is 0.833. The molecule has 2 atom stereocenters.